The van der Waals surface area contributed by atoms with E-state index in [2.05, 4.69) is 5.32 Å². The molecule has 2 aliphatic rings. The van der Waals surface area contributed by atoms with Gasteiger partial charge < -0.3 is 15.3 Å². The molecule has 21 heavy (non-hydrogen) atoms. The van der Waals surface area contributed by atoms with Crippen LogP contribution in [0.25, 0.3) is 0 Å². The number of carbonyl (C=O) groups is 1. The standard InChI is InChI=1S/C15H19FN2O2S/c16-12-5-1-4-11-13(6-8-21-14(11)12)17-15(20)18-7-2-3-10(19)9-18/h1,4-5,10,13,19H,2-3,6-9H2,(H,17,20). The summed E-state index contributed by atoms with van der Waals surface area (Å²) in [5.74, 6) is 0.575. The highest BCUT2D eigenvalue weighted by Gasteiger charge is 2.28. The molecule has 0 bridgehead atoms. The molecule has 0 saturated carbocycles. The number of fused-ring (bicyclic) bond motifs is 1. The van der Waals surface area contributed by atoms with Crippen molar-refractivity contribution in [1.82, 2.24) is 10.2 Å². The van der Waals surface area contributed by atoms with Crippen LogP contribution in [0.4, 0.5) is 9.18 Å². The Kier molecular flexibility index (Phi) is 4.35. The summed E-state index contributed by atoms with van der Waals surface area (Å²) >= 11 is 1.50. The van der Waals surface area contributed by atoms with Crippen LogP contribution in [-0.2, 0) is 0 Å². The number of hydrogen-bond acceptors (Lipinski definition) is 3. The van der Waals surface area contributed by atoms with Crippen molar-refractivity contribution < 1.29 is 14.3 Å². The molecule has 0 spiro atoms. The van der Waals surface area contributed by atoms with E-state index in [9.17, 15) is 14.3 Å². The molecule has 1 fully saturated rings. The maximum Gasteiger partial charge on any atom is 0.317 e. The lowest BCUT2D eigenvalue weighted by molar-refractivity contribution is 0.0832. The van der Waals surface area contributed by atoms with Gasteiger partial charge in [-0.1, -0.05) is 12.1 Å². The smallest absolute Gasteiger partial charge is 0.317 e. The molecule has 4 nitrogen and oxygen atoms in total. The molecule has 0 radical (unpaired) electrons. The van der Waals surface area contributed by atoms with Crippen LogP contribution < -0.4 is 5.32 Å². The number of halogens is 1. The number of rotatable bonds is 1. The van der Waals surface area contributed by atoms with Crippen LogP contribution in [0.15, 0.2) is 23.1 Å². The summed E-state index contributed by atoms with van der Waals surface area (Å²) in [5.41, 5.74) is 0.858. The Hall–Kier alpha value is -1.27. The average Bonchev–Trinajstić information content (AvgIpc) is 2.48. The minimum absolute atomic E-state index is 0.150. The van der Waals surface area contributed by atoms with Crippen LogP contribution in [0.2, 0.25) is 0 Å². The molecule has 1 saturated heterocycles. The molecular weight excluding hydrogens is 291 g/mol. The van der Waals surface area contributed by atoms with Gasteiger partial charge in [-0.15, -0.1) is 11.8 Å². The normalized spacial score (nSPS) is 25.3. The van der Waals surface area contributed by atoms with Crippen LogP contribution in [-0.4, -0.2) is 41.0 Å². The molecule has 2 amide bonds. The summed E-state index contributed by atoms with van der Waals surface area (Å²) in [6.07, 6.45) is 1.93. The molecular formula is C15H19FN2O2S. The lowest BCUT2D eigenvalue weighted by atomic mass is 10.0. The predicted molar refractivity (Wildman–Crippen MR) is 79.8 cm³/mol. The summed E-state index contributed by atoms with van der Waals surface area (Å²) in [6, 6.07) is 4.70. The first-order valence-corrected chi connectivity index (χ1v) is 8.28. The summed E-state index contributed by atoms with van der Waals surface area (Å²) in [5, 5.41) is 12.6. The lowest BCUT2D eigenvalue weighted by Gasteiger charge is -2.33. The third-order valence-electron chi connectivity index (χ3n) is 4.01. The number of nitrogens with one attached hydrogen (secondary N) is 1. The van der Waals surface area contributed by atoms with Gasteiger partial charge in [-0.25, -0.2) is 9.18 Å². The molecule has 2 atom stereocenters. The number of aliphatic hydroxyl groups excluding tert-OH is 1. The highest BCUT2D eigenvalue weighted by molar-refractivity contribution is 7.99. The Bertz CT molecular complexity index is 540. The van der Waals surface area contributed by atoms with Crippen molar-refractivity contribution in [2.45, 2.75) is 36.3 Å². The van der Waals surface area contributed by atoms with Gasteiger partial charge in [0.2, 0.25) is 0 Å². The number of urea groups is 1. The molecule has 6 heteroatoms. The van der Waals surface area contributed by atoms with Crippen molar-refractivity contribution in [3.63, 3.8) is 0 Å². The number of hydrogen-bond donors (Lipinski definition) is 2. The molecule has 2 heterocycles. The topological polar surface area (TPSA) is 52.6 Å². The number of amides is 2. The Morgan fingerprint density at radius 1 is 1.43 bits per heavy atom. The Balaban J connectivity index is 1.71. The van der Waals surface area contributed by atoms with Gasteiger partial charge in [0, 0.05) is 23.7 Å². The molecule has 1 aromatic carbocycles. The van der Waals surface area contributed by atoms with Gasteiger partial charge >= 0.3 is 6.03 Å². The van der Waals surface area contributed by atoms with E-state index < -0.39 is 6.10 Å². The summed E-state index contributed by atoms with van der Waals surface area (Å²) < 4.78 is 13.8. The van der Waals surface area contributed by atoms with E-state index in [0.717, 1.165) is 30.6 Å². The van der Waals surface area contributed by atoms with Gasteiger partial charge in [-0.2, -0.15) is 0 Å². The molecule has 114 valence electrons. The number of aliphatic hydroxyl groups is 1. The van der Waals surface area contributed by atoms with E-state index in [1.165, 1.54) is 17.8 Å². The van der Waals surface area contributed by atoms with Crippen molar-refractivity contribution in [2.75, 3.05) is 18.8 Å². The van der Waals surface area contributed by atoms with Crippen molar-refractivity contribution in [2.24, 2.45) is 0 Å². The molecule has 2 unspecified atom stereocenters. The number of carbonyl (C=O) groups excluding carboxylic acids is 1. The van der Waals surface area contributed by atoms with Gasteiger partial charge in [0.25, 0.3) is 0 Å². The van der Waals surface area contributed by atoms with E-state index in [0.29, 0.717) is 18.0 Å². The Labute approximate surface area is 127 Å². The van der Waals surface area contributed by atoms with Crippen LogP contribution in [0, 0.1) is 5.82 Å². The Morgan fingerprint density at radius 2 is 2.29 bits per heavy atom. The summed E-state index contributed by atoms with van der Waals surface area (Å²) in [7, 11) is 0. The molecule has 0 aliphatic carbocycles. The average molecular weight is 310 g/mol. The highest BCUT2D eigenvalue weighted by atomic mass is 32.2. The zero-order chi connectivity index (χ0) is 14.8. The van der Waals surface area contributed by atoms with E-state index in [-0.39, 0.29) is 17.9 Å². The number of β-amino-alcohol motifs (C(OH)–C–C–N with tert-alkyl or cyclic N) is 1. The Morgan fingerprint density at radius 3 is 3.10 bits per heavy atom. The first-order valence-electron chi connectivity index (χ1n) is 7.30. The molecule has 2 N–H and O–H groups in total. The van der Waals surface area contributed by atoms with Crippen molar-refractivity contribution in [3.8, 4) is 0 Å². The van der Waals surface area contributed by atoms with Gasteiger partial charge in [-0.3, -0.25) is 0 Å². The monoisotopic (exact) mass is 310 g/mol. The van der Waals surface area contributed by atoms with Crippen molar-refractivity contribution >= 4 is 17.8 Å². The third kappa shape index (κ3) is 3.16. The van der Waals surface area contributed by atoms with Crippen LogP contribution in [0.5, 0.6) is 0 Å². The second-order valence-electron chi connectivity index (χ2n) is 5.54. The largest absolute Gasteiger partial charge is 0.391 e. The quantitative estimate of drug-likeness (QED) is 0.838. The fourth-order valence-electron chi connectivity index (χ4n) is 2.92. The number of nitrogens with zero attached hydrogens (tertiary/aromatic N) is 1. The maximum atomic E-state index is 13.8. The molecule has 2 aliphatic heterocycles. The minimum atomic E-state index is -0.434. The van der Waals surface area contributed by atoms with Crippen LogP contribution in [0.1, 0.15) is 30.9 Å². The number of piperidine rings is 1. The first kappa shape index (κ1) is 14.7. The van der Waals surface area contributed by atoms with E-state index >= 15 is 0 Å². The number of benzene rings is 1. The zero-order valence-corrected chi connectivity index (χ0v) is 12.5. The lowest BCUT2D eigenvalue weighted by Crippen LogP contribution is -2.48. The number of thioether (sulfide) groups is 1. The fraction of sp³-hybridized carbons (Fsp3) is 0.533. The minimum Gasteiger partial charge on any atom is -0.391 e. The zero-order valence-electron chi connectivity index (χ0n) is 11.7. The summed E-state index contributed by atoms with van der Waals surface area (Å²) in [6.45, 7) is 1.05. The van der Waals surface area contributed by atoms with E-state index in [4.69, 9.17) is 0 Å². The van der Waals surface area contributed by atoms with Crippen molar-refractivity contribution in [1.29, 1.82) is 0 Å². The van der Waals surface area contributed by atoms with Gasteiger partial charge in [0.05, 0.1) is 12.1 Å². The predicted octanol–water partition coefficient (Wildman–Crippen LogP) is 2.53. The van der Waals surface area contributed by atoms with Crippen LogP contribution in [0.3, 0.4) is 0 Å². The molecule has 1 aromatic rings. The van der Waals surface area contributed by atoms with Gasteiger partial charge in [0.15, 0.2) is 0 Å². The fourth-order valence-corrected chi connectivity index (χ4v) is 4.06. The summed E-state index contributed by atoms with van der Waals surface area (Å²) in [4.78, 5) is 14.6. The highest BCUT2D eigenvalue weighted by Crippen LogP contribution is 2.37. The van der Waals surface area contributed by atoms with Gasteiger partial charge in [0.1, 0.15) is 5.82 Å². The van der Waals surface area contributed by atoms with Gasteiger partial charge in [-0.05, 0) is 30.9 Å². The SMILES string of the molecule is O=C(NC1CCSc2c(F)cccc21)N1CCCC(O)C1. The maximum absolute atomic E-state index is 13.8. The number of likely N-dealkylation sites (tertiary alicyclic amines) is 1. The van der Waals surface area contributed by atoms with Crippen LogP contribution >= 0.6 is 11.8 Å². The molecule has 3 rings (SSSR count). The first-order chi connectivity index (χ1) is 10.1. The second kappa shape index (κ2) is 6.23. The van der Waals surface area contributed by atoms with E-state index in [1.54, 1.807) is 11.0 Å². The second-order valence-corrected chi connectivity index (χ2v) is 6.64. The van der Waals surface area contributed by atoms with Crippen molar-refractivity contribution in [3.05, 3.63) is 29.6 Å². The molecule has 0 aromatic heterocycles. The van der Waals surface area contributed by atoms with E-state index in [1.807, 2.05) is 6.07 Å². The third-order valence-corrected chi connectivity index (χ3v) is 5.17.